The lowest BCUT2D eigenvalue weighted by atomic mass is 10.1. The van der Waals surface area contributed by atoms with Crippen LogP contribution in [0, 0.1) is 35.3 Å². The summed E-state index contributed by atoms with van der Waals surface area (Å²) < 4.78 is 6.67. The Bertz CT molecular complexity index is 1440. The molecule has 188 valence electrons. The number of carbonyl (C=O) groups excluding carboxylic acids is 2. The number of amides is 2. The highest BCUT2D eigenvalue weighted by atomic mass is 79.9. The maximum Gasteiger partial charge on any atom is 0.271 e. The predicted molar refractivity (Wildman–Crippen MR) is 147 cm³/mol. The molecular weight excluding hydrogens is 608 g/mol. The highest BCUT2D eigenvalue weighted by Crippen LogP contribution is 2.35. The fraction of sp³-hybridized carbons (Fsp3) is 0.115. The van der Waals surface area contributed by atoms with Crippen molar-refractivity contribution >= 4 is 66.8 Å². The Balaban J connectivity index is 1.71. The number of ether oxygens (including phenoxy) is 1. The Morgan fingerprint density at radius 1 is 1.08 bits per heavy atom. The number of nitriles is 1. The molecule has 0 bridgehead atoms. The normalized spacial score (nSPS) is 10.8. The molecule has 0 aliphatic heterocycles. The average molecular weight is 628 g/mol. The van der Waals surface area contributed by atoms with Gasteiger partial charge in [-0.1, -0.05) is 18.2 Å². The summed E-state index contributed by atoms with van der Waals surface area (Å²) in [6.07, 6.45) is 1.36. The van der Waals surface area contributed by atoms with Crippen molar-refractivity contribution in [2.24, 2.45) is 0 Å². The van der Waals surface area contributed by atoms with Gasteiger partial charge in [-0.15, -0.1) is 0 Å². The second-order valence-corrected chi connectivity index (χ2v) is 9.61. The van der Waals surface area contributed by atoms with E-state index in [-0.39, 0.29) is 29.5 Å². The molecule has 2 N–H and O–H groups in total. The minimum Gasteiger partial charge on any atom is -0.481 e. The zero-order chi connectivity index (χ0) is 27.1. The smallest absolute Gasteiger partial charge is 0.271 e. The number of nitro groups is 1. The maximum absolute atomic E-state index is 12.6. The SMILES string of the molecule is Cc1ccc(C)c(NC(=O)COc2c(Br)cc(/C=C(/C#N)C(=O)Nc3cccc([N+](=O)[O-])c3)cc2Br)c1. The second kappa shape index (κ2) is 12.3. The quantitative estimate of drug-likeness (QED) is 0.130. The molecule has 0 spiro atoms. The molecule has 3 aromatic carbocycles. The molecule has 0 radical (unpaired) electrons. The minimum atomic E-state index is -0.723. The molecule has 0 unspecified atom stereocenters. The van der Waals surface area contributed by atoms with Gasteiger partial charge in [-0.3, -0.25) is 19.7 Å². The first-order chi connectivity index (χ1) is 17.6. The van der Waals surface area contributed by atoms with Crippen LogP contribution >= 0.6 is 31.9 Å². The number of benzene rings is 3. The van der Waals surface area contributed by atoms with Crippen molar-refractivity contribution in [3.8, 4) is 11.8 Å². The number of anilines is 2. The Morgan fingerprint density at radius 3 is 2.43 bits per heavy atom. The molecule has 2 amide bonds. The number of hydrogen-bond donors (Lipinski definition) is 2. The fourth-order valence-electron chi connectivity index (χ4n) is 3.21. The van der Waals surface area contributed by atoms with Crippen molar-refractivity contribution in [1.29, 1.82) is 5.26 Å². The highest BCUT2D eigenvalue weighted by molar-refractivity contribution is 9.11. The van der Waals surface area contributed by atoms with Crippen molar-refractivity contribution in [2.45, 2.75) is 13.8 Å². The van der Waals surface area contributed by atoms with E-state index in [4.69, 9.17) is 4.74 Å². The summed E-state index contributed by atoms with van der Waals surface area (Å²) in [5.74, 6) is -0.687. The van der Waals surface area contributed by atoms with Gasteiger partial charge >= 0.3 is 0 Å². The second-order valence-electron chi connectivity index (χ2n) is 7.90. The van der Waals surface area contributed by atoms with Crippen LogP contribution in [-0.2, 0) is 9.59 Å². The first kappa shape index (κ1) is 27.6. The molecule has 0 saturated carbocycles. The number of rotatable bonds is 8. The van der Waals surface area contributed by atoms with Crippen LogP contribution in [0.15, 0.2) is 69.1 Å². The number of halogens is 2. The van der Waals surface area contributed by atoms with Gasteiger partial charge in [-0.2, -0.15) is 5.26 Å². The summed E-state index contributed by atoms with van der Waals surface area (Å²) in [6.45, 7) is 3.59. The summed E-state index contributed by atoms with van der Waals surface area (Å²) in [5, 5.41) is 25.7. The number of nitro benzene ring substituents is 1. The number of nitrogens with zero attached hydrogens (tertiary/aromatic N) is 2. The van der Waals surface area contributed by atoms with Crippen LogP contribution in [0.1, 0.15) is 16.7 Å². The predicted octanol–water partition coefficient (Wildman–Crippen LogP) is 6.30. The number of hydrogen-bond acceptors (Lipinski definition) is 6. The molecule has 3 aromatic rings. The van der Waals surface area contributed by atoms with E-state index in [0.29, 0.717) is 25.9 Å². The van der Waals surface area contributed by atoms with Crippen LogP contribution in [0.5, 0.6) is 5.75 Å². The molecule has 9 nitrogen and oxygen atoms in total. The molecule has 11 heteroatoms. The number of aryl methyl sites for hydroxylation is 2. The summed E-state index contributed by atoms with van der Waals surface area (Å²) in [7, 11) is 0. The van der Waals surface area contributed by atoms with Crippen LogP contribution in [-0.4, -0.2) is 23.3 Å². The van der Waals surface area contributed by atoms with Crippen LogP contribution < -0.4 is 15.4 Å². The first-order valence-corrected chi connectivity index (χ1v) is 12.3. The van der Waals surface area contributed by atoms with Crippen LogP contribution in [0.2, 0.25) is 0 Å². The van der Waals surface area contributed by atoms with Crippen molar-refractivity contribution in [2.75, 3.05) is 17.2 Å². The van der Waals surface area contributed by atoms with Gasteiger partial charge in [-0.25, -0.2) is 0 Å². The van der Waals surface area contributed by atoms with Gasteiger partial charge < -0.3 is 15.4 Å². The molecule has 3 rings (SSSR count). The van der Waals surface area contributed by atoms with Crippen molar-refractivity contribution in [3.63, 3.8) is 0 Å². The topological polar surface area (TPSA) is 134 Å². The summed E-state index contributed by atoms with van der Waals surface area (Å²) in [4.78, 5) is 35.3. The van der Waals surface area contributed by atoms with Gasteiger partial charge in [0, 0.05) is 23.5 Å². The van der Waals surface area contributed by atoms with E-state index in [1.165, 1.54) is 30.3 Å². The summed E-state index contributed by atoms with van der Waals surface area (Å²) in [6, 6.07) is 16.2. The fourth-order valence-corrected chi connectivity index (χ4v) is 4.66. The third-order valence-electron chi connectivity index (χ3n) is 5.03. The Kier molecular flexibility index (Phi) is 9.16. The van der Waals surface area contributed by atoms with E-state index in [0.717, 1.165) is 11.1 Å². The molecule has 0 aliphatic carbocycles. The Morgan fingerprint density at radius 2 is 1.78 bits per heavy atom. The van der Waals surface area contributed by atoms with Crippen molar-refractivity contribution in [1.82, 2.24) is 0 Å². The lowest BCUT2D eigenvalue weighted by Crippen LogP contribution is -2.21. The molecular formula is C26H20Br2N4O5. The van der Waals surface area contributed by atoms with Gasteiger partial charge in [0.1, 0.15) is 17.4 Å². The third-order valence-corrected chi connectivity index (χ3v) is 6.20. The number of nitrogens with one attached hydrogen (secondary N) is 2. The van der Waals surface area contributed by atoms with Gasteiger partial charge in [0.05, 0.1) is 13.9 Å². The Labute approximate surface area is 229 Å². The van der Waals surface area contributed by atoms with Crippen molar-refractivity contribution < 1.29 is 19.2 Å². The van der Waals surface area contributed by atoms with E-state index in [9.17, 15) is 25.0 Å². The van der Waals surface area contributed by atoms with E-state index in [1.807, 2.05) is 38.1 Å². The third kappa shape index (κ3) is 7.49. The van der Waals surface area contributed by atoms with Gasteiger partial charge in [0.15, 0.2) is 6.61 Å². The molecule has 0 heterocycles. The van der Waals surface area contributed by atoms with Crippen LogP contribution in [0.4, 0.5) is 17.1 Å². The van der Waals surface area contributed by atoms with E-state index >= 15 is 0 Å². The van der Waals surface area contributed by atoms with E-state index in [1.54, 1.807) is 12.1 Å². The monoisotopic (exact) mass is 626 g/mol. The van der Waals surface area contributed by atoms with Crippen molar-refractivity contribution in [3.05, 3.63) is 95.9 Å². The zero-order valence-electron chi connectivity index (χ0n) is 19.7. The standard InChI is InChI=1S/C26H20Br2N4O5/c1-15-6-7-16(2)23(8-15)31-24(33)14-37-25-21(27)10-17(11-22(25)28)9-18(13-29)26(34)30-19-4-3-5-20(12-19)32(35)36/h3-12H,14H2,1-2H3,(H,30,34)(H,31,33)/b18-9-. The summed E-state index contributed by atoms with van der Waals surface area (Å²) >= 11 is 6.79. The maximum atomic E-state index is 12.6. The highest BCUT2D eigenvalue weighted by Gasteiger charge is 2.15. The molecule has 37 heavy (non-hydrogen) atoms. The molecule has 0 aromatic heterocycles. The van der Waals surface area contributed by atoms with Gasteiger partial charge in [0.25, 0.3) is 17.5 Å². The van der Waals surface area contributed by atoms with E-state index in [2.05, 4.69) is 42.5 Å². The van der Waals surface area contributed by atoms with Gasteiger partial charge in [0.2, 0.25) is 0 Å². The summed E-state index contributed by atoms with van der Waals surface area (Å²) in [5.41, 5.74) is 2.94. The van der Waals surface area contributed by atoms with Crippen LogP contribution in [0.25, 0.3) is 6.08 Å². The average Bonchev–Trinajstić information content (AvgIpc) is 2.84. The molecule has 0 atom stereocenters. The van der Waals surface area contributed by atoms with E-state index < -0.39 is 10.8 Å². The number of carbonyl (C=O) groups is 2. The minimum absolute atomic E-state index is 0.186. The molecule has 0 saturated heterocycles. The largest absolute Gasteiger partial charge is 0.481 e. The van der Waals surface area contributed by atoms with Crippen LogP contribution in [0.3, 0.4) is 0 Å². The zero-order valence-corrected chi connectivity index (χ0v) is 22.8. The Hall–Kier alpha value is -4.01. The molecule has 0 aliphatic rings. The first-order valence-electron chi connectivity index (χ1n) is 10.7. The number of non-ortho nitro benzene ring substituents is 1. The lowest BCUT2D eigenvalue weighted by molar-refractivity contribution is -0.384. The van der Waals surface area contributed by atoms with Gasteiger partial charge in [-0.05, 0) is 92.7 Å². The lowest BCUT2D eigenvalue weighted by Gasteiger charge is -2.13. The molecule has 0 fully saturated rings.